The predicted molar refractivity (Wildman–Crippen MR) is 78.9 cm³/mol. The van der Waals surface area contributed by atoms with Crippen molar-refractivity contribution in [3.63, 3.8) is 0 Å². The number of nitrogens with one attached hydrogen (secondary N) is 1. The Bertz CT molecular complexity index is 425. The smallest absolute Gasteiger partial charge is 0.0878 e. The van der Waals surface area contributed by atoms with E-state index in [9.17, 15) is 0 Å². The third-order valence-electron chi connectivity index (χ3n) is 4.34. The highest BCUT2D eigenvalue weighted by molar-refractivity contribution is 5.12. The van der Waals surface area contributed by atoms with Crippen LogP contribution in [0.2, 0.25) is 0 Å². The molecule has 5 nitrogen and oxygen atoms in total. The van der Waals surface area contributed by atoms with Gasteiger partial charge in [0.05, 0.1) is 11.3 Å². The molecule has 0 spiro atoms. The van der Waals surface area contributed by atoms with Gasteiger partial charge in [-0.2, -0.15) is 5.10 Å². The summed E-state index contributed by atoms with van der Waals surface area (Å²) in [7, 11) is 3.83. The lowest BCUT2D eigenvalue weighted by Gasteiger charge is -2.42. The Morgan fingerprint density at radius 1 is 1.50 bits per heavy atom. The van der Waals surface area contributed by atoms with Crippen LogP contribution < -0.4 is 5.32 Å². The first kappa shape index (κ1) is 15.5. The zero-order chi connectivity index (χ0) is 14.6. The quantitative estimate of drug-likeness (QED) is 0.857. The third-order valence-corrected chi connectivity index (χ3v) is 4.34. The normalized spacial score (nSPS) is 20.0. The summed E-state index contributed by atoms with van der Waals surface area (Å²) in [5, 5.41) is 8.05. The minimum absolute atomic E-state index is 0.133. The Hall–Kier alpha value is -0.910. The van der Waals surface area contributed by atoms with Gasteiger partial charge >= 0.3 is 0 Å². The van der Waals surface area contributed by atoms with Gasteiger partial charge in [-0.05, 0) is 19.5 Å². The summed E-state index contributed by atoms with van der Waals surface area (Å²) in [6, 6.07) is 2.45. The highest BCUT2D eigenvalue weighted by Crippen LogP contribution is 2.30. The van der Waals surface area contributed by atoms with E-state index in [1.165, 1.54) is 5.69 Å². The number of methoxy groups -OCH3 is 1. The van der Waals surface area contributed by atoms with E-state index in [1.54, 1.807) is 0 Å². The lowest BCUT2D eigenvalue weighted by atomic mass is 9.83. The summed E-state index contributed by atoms with van der Waals surface area (Å²) in [5.41, 5.74) is 2.18. The molecule has 20 heavy (non-hydrogen) atoms. The Kier molecular flexibility index (Phi) is 5.18. The number of likely N-dealkylation sites (N-methyl/N-ethyl adjacent to an activating group) is 1. The van der Waals surface area contributed by atoms with Gasteiger partial charge in [0.25, 0.3) is 0 Å². The number of ether oxygens (including phenoxy) is 2. The summed E-state index contributed by atoms with van der Waals surface area (Å²) in [4.78, 5) is 0. The minimum atomic E-state index is -0.133. The zero-order valence-electron chi connectivity index (χ0n) is 13.1. The number of hydrogen-bond donors (Lipinski definition) is 1. The molecule has 0 amide bonds. The molecule has 2 rings (SSSR count). The summed E-state index contributed by atoms with van der Waals surface area (Å²) >= 11 is 0. The minimum Gasteiger partial charge on any atom is -0.381 e. The van der Waals surface area contributed by atoms with Crippen molar-refractivity contribution in [2.75, 3.05) is 26.9 Å². The fraction of sp³-hybridized carbons (Fsp3) is 0.800. The van der Waals surface area contributed by atoms with E-state index < -0.39 is 0 Å². The van der Waals surface area contributed by atoms with Gasteiger partial charge < -0.3 is 14.8 Å². The van der Waals surface area contributed by atoms with E-state index in [2.05, 4.69) is 23.4 Å². The summed E-state index contributed by atoms with van der Waals surface area (Å²) in [6.45, 7) is 6.67. The molecule has 114 valence electrons. The maximum absolute atomic E-state index is 5.94. The summed E-state index contributed by atoms with van der Waals surface area (Å²) in [5.74, 6) is 0. The van der Waals surface area contributed by atoms with Gasteiger partial charge in [0.15, 0.2) is 0 Å². The van der Waals surface area contributed by atoms with E-state index >= 15 is 0 Å². The third kappa shape index (κ3) is 3.22. The van der Waals surface area contributed by atoms with E-state index in [1.807, 2.05) is 25.8 Å². The molecule has 0 radical (unpaired) electrons. The van der Waals surface area contributed by atoms with Crippen LogP contribution in [0.4, 0.5) is 0 Å². The SMILES string of the molecule is CCNC(Cc1cc(C)nn1C)C1(OC)CCOCC1. The standard InChI is InChI=1S/C15H27N3O2/c1-5-16-14(11-13-10-12(2)17-18(13)3)15(19-4)6-8-20-9-7-15/h10,14,16H,5-9,11H2,1-4H3. The molecule has 1 unspecified atom stereocenters. The van der Waals surface area contributed by atoms with Crippen LogP contribution in [0.25, 0.3) is 0 Å². The second kappa shape index (κ2) is 6.70. The van der Waals surface area contributed by atoms with Gasteiger partial charge in [-0.15, -0.1) is 0 Å². The van der Waals surface area contributed by atoms with Gasteiger partial charge in [-0.1, -0.05) is 6.92 Å². The molecule has 0 aromatic carbocycles. The van der Waals surface area contributed by atoms with Crippen LogP contribution >= 0.6 is 0 Å². The first-order valence-electron chi connectivity index (χ1n) is 7.47. The first-order valence-corrected chi connectivity index (χ1v) is 7.47. The molecule has 2 heterocycles. The van der Waals surface area contributed by atoms with E-state index in [0.29, 0.717) is 0 Å². The van der Waals surface area contributed by atoms with E-state index in [0.717, 1.165) is 44.7 Å². The number of aryl methyl sites for hydroxylation is 2. The van der Waals surface area contributed by atoms with Gasteiger partial charge in [0.2, 0.25) is 0 Å². The number of nitrogens with zero attached hydrogens (tertiary/aromatic N) is 2. The van der Waals surface area contributed by atoms with Crippen molar-refractivity contribution in [1.29, 1.82) is 0 Å². The second-order valence-electron chi connectivity index (χ2n) is 5.60. The Morgan fingerprint density at radius 3 is 2.70 bits per heavy atom. The van der Waals surface area contributed by atoms with Crippen LogP contribution in [0.1, 0.15) is 31.2 Å². The fourth-order valence-electron chi connectivity index (χ4n) is 3.17. The number of aromatic nitrogens is 2. The molecule has 1 aromatic heterocycles. The molecule has 0 bridgehead atoms. The highest BCUT2D eigenvalue weighted by Gasteiger charge is 2.40. The van der Waals surface area contributed by atoms with Crippen molar-refractivity contribution in [1.82, 2.24) is 15.1 Å². The molecular weight excluding hydrogens is 254 g/mol. The van der Waals surface area contributed by atoms with Gasteiger partial charge in [-0.3, -0.25) is 4.68 Å². The van der Waals surface area contributed by atoms with Crippen LogP contribution in [0, 0.1) is 6.92 Å². The summed E-state index contributed by atoms with van der Waals surface area (Å²) in [6.07, 6.45) is 2.81. The fourth-order valence-corrected chi connectivity index (χ4v) is 3.17. The topological polar surface area (TPSA) is 48.3 Å². The second-order valence-corrected chi connectivity index (χ2v) is 5.60. The van der Waals surface area contributed by atoms with Crippen molar-refractivity contribution >= 4 is 0 Å². The van der Waals surface area contributed by atoms with Crippen molar-refractivity contribution in [3.05, 3.63) is 17.5 Å². The van der Waals surface area contributed by atoms with Crippen molar-refractivity contribution in [2.24, 2.45) is 7.05 Å². The zero-order valence-corrected chi connectivity index (χ0v) is 13.1. The van der Waals surface area contributed by atoms with Crippen LogP contribution in [0.5, 0.6) is 0 Å². The van der Waals surface area contributed by atoms with Crippen LogP contribution in [-0.4, -0.2) is 48.3 Å². The Labute approximate surface area is 121 Å². The molecule has 1 saturated heterocycles. The van der Waals surface area contributed by atoms with Crippen molar-refractivity contribution in [2.45, 2.75) is 44.8 Å². The number of hydrogen-bond acceptors (Lipinski definition) is 4. The largest absolute Gasteiger partial charge is 0.381 e. The van der Waals surface area contributed by atoms with Gasteiger partial charge in [0, 0.05) is 58.4 Å². The predicted octanol–water partition coefficient (Wildman–Crippen LogP) is 1.44. The highest BCUT2D eigenvalue weighted by atomic mass is 16.5. The molecule has 1 N–H and O–H groups in total. The molecule has 1 aliphatic rings. The van der Waals surface area contributed by atoms with Crippen molar-refractivity contribution < 1.29 is 9.47 Å². The van der Waals surface area contributed by atoms with Crippen LogP contribution in [0.15, 0.2) is 6.07 Å². The van der Waals surface area contributed by atoms with Crippen LogP contribution in [0.3, 0.4) is 0 Å². The Balaban J connectivity index is 2.18. The molecular formula is C15H27N3O2. The van der Waals surface area contributed by atoms with Crippen LogP contribution in [-0.2, 0) is 22.9 Å². The maximum atomic E-state index is 5.94. The number of rotatable bonds is 6. The molecule has 1 aliphatic heterocycles. The van der Waals surface area contributed by atoms with Gasteiger partial charge in [0.1, 0.15) is 0 Å². The average molecular weight is 281 g/mol. The molecule has 0 saturated carbocycles. The van der Waals surface area contributed by atoms with E-state index in [4.69, 9.17) is 9.47 Å². The molecule has 5 heteroatoms. The lowest BCUT2D eigenvalue weighted by Crippen LogP contribution is -2.56. The monoisotopic (exact) mass is 281 g/mol. The lowest BCUT2D eigenvalue weighted by molar-refractivity contribution is -0.110. The van der Waals surface area contributed by atoms with Crippen molar-refractivity contribution in [3.8, 4) is 0 Å². The van der Waals surface area contributed by atoms with Gasteiger partial charge in [-0.25, -0.2) is 0 Å². The first-order chi connectivity index (χ1) is 9.61. The molecule has 0 aliphatic carbocycles. The average Bonchev–Trinajstić information content (AvgIpc) is 2.77. The molecule has 1 atom stereocenters. The van der Waals surface area contributed by atoms with E-state index in [-0.39, 0.29) is 11.6 Å². The Morgan fingerprint density at radius 2 is 2.20 bits per heavy atom. The summed E-state index contributed by atoms with van der Waals surface area (Å²) < 4.78 is 13.4. The molecule has 1 fully saturated rings. The molecule has 1 aromatic rings. The maximum Gasteiger partial charge on any atom is 0.0878 e.